The summed E-state index contributed by atoms with van der Waals surface area (Å²) in [4.78, 5) is 13.9. The molecule has 28 heavy (non-hydrogen) atoms. The monoisotopic (exact) mass is 408 g/mol. The van der Waals surface area contributed by atoms with E-state index in [-0.39, 0.29) is 0 Å². The quantitative estimate of drug-likeness (QED) is 0.686. The van der Waals surface area contributed by atoms with Crippen molar-refractivity contribution >= 4 is 40.8 Å². The van der Waals surface area contributed by atoms with E-state index in [2.05, 4.69) is 4.90 Å². The maximum absolute atomic E-state index is 11.8. The number of aldehydes is 1. The van der Waals surface area contributed by atoms with Gasteiger partial charge in [0.25, 0.3) is 0 Å². The molecular formula is C23H18Cl2N2O. The number of nitrogens with zero attached hydrogens (tertiary/aromatic N) is 1. The third kappa shape index (κ3) is 3.12. The fraction of sp³-hybridized carbons (Fsp3) is 0.0870. The smallest absolute Gasteiger partial charge is 0.131 e. The van der Waals surface area contributed by atoms with Gasteiger partial charge in [0.2, 0.25) is 0 Å². The fourth-order valence-electron chi connectivity index (χ4n) is 3.68. The molecule has 4 rings (SSSR count). The van der Waals surface area contributed by atoms with Crippen molar-refractivity contribution in [2.75, 3.05) is 0 Å². The number of carbonyl (C=O) groups is 1. The summed E-state index contributed by atoms with van der Waals surface area (Å²) in [6, 6.07) is 13.4. The van der Waals surface area contributed by atoms with E-state index >= 15 is 0 Å². The standard InChI is InChI=1S/C23H18Cl2N2O/c24-18-7-3-8-19(25)23(18)22-16(14-28)11-12-27-20(9-4-10-21(22)27)17-6-2-1-5-15(17)13-26/h1-12,14,16H,13,26H2. The Labute approximate surface area is 174 Å². The van der Waals surface area contributed by atoms with Crippen molar-refractivity contribution in [3.8, 4) is 0 Å². The Morgan fingerprint density at radius 2 is 1.82 bits per heavy atom. The largest absolute Gasteiger partial charge is 0.326 e. The van der Waals surface area contributed by atoms with Crippen molar-refractivity contribution in [2.24, 2.45) is 11.7 Å². The highest BCUT2D eigenvalue weighted by Gasteiger charge is 2.30. The zero-order valence-corrected chi connectivity index (χ0v) is 16.5. The molecule has 140 valence electrons. The minimum Gasteiger partial charge on any atom is -0.326 e. The molecule has 2 aliphatic rings. The highest BCUT2D eigenvalue weighted by Crippen LogP contribution is 2.43. The summed E-state index contributed by atoms with van der Waals surface area (Å²) in [5.74, 6) is -0.433. The molecule has 5 heteroatoms. The van der Waals surface area contributed by atoms with Crippen molar-refractivity contribution in [3.63, 3.8) is 0 Å². The molecule has 2 aliphatic heterocycles. The van der Waals surface area contributed by atoms with Crippen molar-refractivity contribution < 1.29 is 4.79 Å². The van der Waals surface area contributed by atoms with Gasteiger partial charge in [-0.05, 0) is 29.8 Å². The Hall–Kier alpha value is -2.59. The van der Waals surface area contributed by atoms with Gasteiger partial charge >= 0.3 is 0 Å². The minimum atomic E-state index is -0.433. The number of benzene rings is 2. The van der Waals surface area contributed by atoms with Crippen LogP contribution in [0.5, 0.6) is 0 Å². The Balaban J connectivity index is 1.92. The SMILES string of the molecule is NCc1ccccc1C1=CC=CC2=C(c3c(Cl)cccc3Cl)C(C=O)C=CN12. The van der Waals surface area contributed by atoms with E-state index in [1.807, 2.05) is 54.8 Å². The zero-order valence-electron chi connectivity index (χ0n) is 15.0. The summed E-state index contributed by atoms with van der Waals surface area (Å²) in [5.41, 5.74) is 11.4. The van der Waals surface area contributed by atoms with Gasteiger partial charge in [-0.2, -0.15) is 0 Å². The molecule has 2 heterocycles. The van der Waals surface area contributed by atoms with Crippen LogP contribution in [0.4, 0.5) is 0 Å². The first kappa shape index (κ1) is 18.8. The topological polar surface area (TPSA) is 46.3 Å². The second-order valence-corrected chi connectivity index (χ2v) is 7.36. The summed E-state index contributed by atoms with van der Waals surface area (Å²) in [5, 5.41) is 1.04. The second kappa shape index (κ2) is 7.80. The van der Waals surface area contributed by atoms with E-state index in [4.69, 9.17) is 28.9 Å². The molecule has 2 aromatic rings. The van der Waals surface area contributed by atoms with Crippen LogP contribution < -0.4 is 5.73 Å². The molecule has 0 fully saturated rings. The first-order valence-corrected chi connectivity index (χ1v) is 9.69. The van der Waals surface area contributed by atoms with Crippen molar-refractivity contribution in [1.82, 2.24) is 4.90 Å². The van der Waals surface area contributed by atoms with Crippen LogP contribution in [0.1, 0.15) is 16.7 Å². The maximum atomic E-state index is 11.8. The Morgan fingerprint density at radius 1 is 1.07 bits per heavy atom. The molecule has 1 unspecified atom stereocenters. The number of carbonyl (C=O) groups excluding carboxylic acids is 1. The molecule has 2 N–H and O–H groups in total. The van der Waals surface area contributed by atoms with E-state index < -0.39 is 5.92 Å². The first-order chi connectivity index (χ1) is 13.7. The highest BCUT2D eigenvalue weighted by molar-refractivity contribution is 6.37. The Morgan fingerprint density at radius 3 is 2.54 bits per heavy atom. The van der Waals surface area contributed by atoms with E-state index in [0.717, 1.165) is 34.4 Å². The van der Waals surface area contributed by atoms with Gasteiger partial charge in [0.1, 0.15) is 6.29 Å². The third-order valence-corrected chi connectivity index (χ3v) is 5.60. The molecule has 0 aromatic heterocycles. The number of allylic oxidation sites excluding steroid dienone is 5. The second-order valence-electron chi connectivity index (χ2n) is 6.54. The van der Waals surface area contributed by atoms with Gasteiger partial charge in [-0.15, -0.1) is 0 Å². The average Bonchev–Trinajstić information content (AvgIpc) is 2.73. The molecule has 0 bridgehead atoms. The first-order valence-electron chi connectivity index (χ1n) is 8.93. The third-order valence-electron chi connectivity index (χ3n) is 4.97. The zero-order chi connectivity index (χ0) is 19.7. The normalized spacial score (nSPS) is 18.2. The molecular weight excluding hydrogens is 391 g/mol. The van der Waals surface area contributed by atoms with Gasteiger partial charge in [0.15, 0.2) is 0 Å². The molecule has 0 radical (unpaired) electrons. The average molecular weight is 409 g/mol. The highest BCUT2D eigenvalue weighted by atomic mass is 35.5. The molecule has 0 amide bonds. The van der Waals surface area contributed by atoms with Gasteiger partial charge in [0.05, 0.1) is 17.3 Å². The van der Waals surface area contributed by atoms with Crippen LogP contribution in [0.25, 0.3) is 11.3 Å². The number of nitrogens with two attached hydrogens (primary N) is 1. The lowest BCUT2D eigenvalue weighted by Crippen LogP contribution is -2.25. The van der Waals surface area contributed by atoms with Crippen molar-refractivity contribution in [2.45, 2.75) is 6.54 Å². The van der Waals surface area contributed by atoms with Crippen LogP contribution in [0, 0.1) is 5.92 Å². The van der Waals surface area contributed by atoms with E-state index in [9.17, 15) is 4.79 Å². The molecule has 0 saturated heterocycles. The molecule has 0 spiro atoms. The van der Waals surface area contributed by atoms with Gasteiger partial charge in [-0.1, -0.05) is 65.7 Å². The summed E-state index contributed by atoms with van der Waals surface area (Å²) in [7, 11) is 0. The van der Waals surface area contributed by atoms with Gasteiger partial charge in [-0.25, -0.2) is 0 Å². The van der Waals surface area contributed by atoms with Crippen LogP contribution in [0.2, 0.25) is 10.0 Å². The van der Waals surface area contributed by atoms with Gasteiger partial charge < -0.3 is 15.4 Å². The van der Waals surface area contributed by atoms with Crippen molar-refractivity contribution in [1.29, 1.82) is 0 Å². The molecule has 0 aliphatic carbocycles. The Bertz CT molecular complexity index is 1050. The summed E-state index contributed by atoms with van der Waals surface area (Å²) < 4.78 is 0. The molecule has 0 saturated carbocycles. The molecule has 3 nitrogen and oxygen atoms in total. The lowest BCUT2D eigenvalue weighted by atomic mass is 9.87. The number of rotatable bonds is 4. The van der Waals surface area contributed by atoms with Gasteiger partial charge in [0, 0.05) is 39.5 Å². The van der Waals surface area contributed by atoms with Crippen LogP contribution in [0.15, 0.2) is 78.7 Å². The lowest BCUT2D eigenvalue weighted by Gasteiger charge is -2.35. The number of halogens is 2. The summed E-state index contributed by atoms with van der Waals surface area (Å²) in [6.45, 7) is 0.438. The summed E-state index contributed by atoms with van der Waals surface area (Å²) in [6.07, 6.45) is 10.7. The molecule has 2 aromatic carbocycles. The lowest BCUT2D eigenvalue weighted by molar-refractivity contribution is -0.108. The van der Waals surface area contributed by atoms with Crippen LogP contribution in [0.3, 0.4) is 0 Å². The summed E-state index contributed by atoms with van der Waals surface area (Å²) >= 11 is 13.0. The van der Waals surface area contributed by atoms with E-state index in [0.29, 0.717) is 22.2 Å². The number of fused-ring (bicyclic) bond motifs is 1. The fourth-order valence-corrected chi connectivity index (χ4v) is 4.28. The Kier molecular flexibility index (Phi) is 5.23. The number of hydrogen-bond donors (Lipinski definition) is 1. The maximum Gasteiger partial charge on any atom is 0.131 e. The van der Waals surface area contributed by atoms with Crippen LogP contribution in [-0.2, 0) is 11.3 Å². The molecule has 1 atom stereocenters. The minimum absolute atomic E-state index is 0.433. The predicted molar refractivity (Wildman–Crippen MR) is 115 cm³/mol. The van der Waals surface area contributed by atoms with Crippen LogP contribution in [-0.4, -0.2) is 11.2 Å². The van der Waals surface area contributed by atoms with Gasteiger partial charge in [-0.3, -0.25) is 0 Å². The predicted octanol–water partition coefficient (Wildman–Crippen LogP) is 5.42. The van der Waals surface area contributed by atoms with E-state index in [1.165, 1.54) is 0 Å². The number of hydrogen-bond acceptors (Lipinski definition) is 3. The van der Waals surface area contributed by atoms with Crippen molar-refractivity contribution in [3.05, 3.63) is 105 Å². The van der Waals surface area contributed by atoms with E-state index in [1.54, 1.807) is 18.2 Å². The van der Waals surface area contributed by atoms with Crippen LogP contribution >= 0.6 is 23.2 Å².